The molecule has 2 aliphatic rings. The van der Waals surface area contributed by atoms with E-state index >= 15 is 0 Å². The number of nitrogens with zero attached hydrogens (tertiary/aromatic N) is 1. The molecule has 3 rings (SSSR count). The lowest BCUT2D eigenvalue weighted by molar-refractivity contribution is -0.0523. The van der Waals surface area contributed by atoms with Crippen LogP contribution in [0.1, 0.15) is 5.56 Å². The number of aliphatic hydroxyl groups excluding tert-OH is 1. The summed E-state index contributed by atoms with van der Waals surface area (Å²) in [6, 6.07) is 8.69. The van der Waals surface area contributed by atoms with E-state index in [1.807, 2.05) is 11.8 Å². The topological polar surface area (TPSA) is 32.7 Å². The van der Waals surface area contributed by atoms with Crippen molar-refractivity contribution in [2.24, 2.45) is 0 Å². The zero-order chi connectivity index (χ0) is 12.4. The molecule has 98 valence electrons. The highest BCUT2D eigenvalue weighted by Gasteiger charge is 2.26. The van der Waals surface area contributed by atoms with E-state index in [9.17, 15) is 0 Å². The molecule has 0 saturated carbocycles. The molecule has 0 spiro atoms. The van der Waals surface area contributed by atoms with Crippen molar-refractivity contribution < 1.29 is 9.84 Å². The smallest absolute Gasteiger partial charge is 0.0932 e. The van der Waals surface area contributed by atoms with Crippen LogP contribution in [-0.2, 0) is 11.2 Å². The zero-order valence-electron chi connectivity index (χ0n) is 10.4. The van der Waals surface area contributed by atoms with Crippen LogP contribution in [0.5, 0.6) is 0 Å². The van der Waals surface area contributed by atoms with E-state index in [1.165, 1.54) is 16.9 Å². The molecular formula is C14H19NO2S. The van der Waals surface area contributed by atoms with Gasteiger partial charge in [0.2, 0.25) is 0 Å². The van der Waals surface area contributed by atoms with Gasteiger partial charge in [0.05, 0.1) is 19.3 Å². The average Bonchev–Trinajstić information content (AvgIpc) is 2.81. The molecule has 4 heteroatoms. The third-order valence-electron chi connectivity index (χ3n) is 3.60. The predicted octanol–water partition coefficient (Wildman–Crippen LogP) is 1.40. The van der Waals surface area contributed by atoms with E-state index < -0.39 is 0 Å². The highest BCUT2D eigenvalue weighted by Crippen LogP contribution is 2.37. The SMILES string of the molecule is OCC1CN(CC2Cc3ccccc3S2)CCO1. The van der Waals surface area contributed by atoms with E-state index in [0.29, 0.717) is 5.25 Å². The van der Waals surface area contributed by atoms with Crippen molar-refractivity contribution in [3.05, 3.63) is 29.8 Å². The summed E-state index contributed by atoms with van der Waals surface area (Å²) in [4.78, 5) is 3.86. The van der Waals surface area contributed by atoms with Crippen LogP contribution in [0, 0.1) is 0 Å². The van der Waals surface area contributed by atoms with Gasteiger partial charge in [0.1, 0.15) is 0 Å². The number of fused-ring (bicyclic) bond motifs is 1. The number of rotatable bonds is 3. The minimum Gasteiger partial charge on any atom is -0.394 e. The molecule has 2 aliphatic heterocycles. The Kier molecular flexibility index (Phi) is 3.89. The normalized spacial score (nSPS) is 28.3. The molecule has 0 aliphatic carbocycles. The molecule has 1 aromatic rings. The minimum absolute atomic E-state index is 0.00697. The van der Waals surface area contributed by atoms with Crippen LogP contribution in [0.4, 0.5) is 0 Å². The van der Waals surface area contributed by atoms with Gasteiger partial charge in [0, 0.05) is 29.8 Å². The van der Waals surface area contributed by atoms with Crippen molar-refractivity contribution in [3.8, 4) is 0 Å². The summed E-state index contributed by atoms with van der Waals surface area (Å²) in [5.74, 6) is 0. The van der Waals surface area contributed by atoms with Gasteiger partial charge in [-0.2, -0.15) is 0 Å². The van der Waals surface area contributed by atoms with Crippen molar-refractivity contribution >= 4 is 11.8 Å². The number of benzene rings is 1. The highest BCUT2D eigenvalue weighted by atomic mass is 32.2. The Balaban J connectivity index is 1.56. The number of ether oxygens (including phenoxy) is 1. The van der Waals surface area contributed by atoms with Gasteiger partial charge < -0.3 is 9.84 Å². The third kappa shape index (κ3) is 2.72. The summed E-state index contributed by atoms with van der Waals surface area (Å²) in [5, 5.41) is 9.81. The molecule has 0 aromatic heterocycles. The van der Waals surface area contributed by atoms with Crippen LogP contribution in [0.3, 0.4) is 0 Å². The largest absolute Gasteiger partial charge is 0.394 e. The number of hydrogen-bond donors (Lipinski definition) is 1. The van der Waals surface area contributed by atoms with E-state index in [1.54, 1.807) is 0 Å². The number of thioether (sulfide) groups is 1. The van der Waals surface area contributed by atoms with Gasteiger partial charge in [-0.25, -0.2) is 0 Å². The summed E-state index contributed by atoms with van der Waals surface area (Å²) in [6.07, 6.45) is 1.18. The molecule has 2 unspecified atom stereocenters. The van der Waals surface area contributed by atoms with E-state index in [0.717, 1.165) is 26.2 Å². The van der Waals surface area contributed by atoms with Crippen molar-refractivity contribution in [2.75, 3.05) is 32.8 Å². The summed E-state index contributed by atoms with van der Waals surface area (Å²) >= 11 is 1.99. The fraction of sp³-hybridized carbons (Fsp3) is 0.571. The van der Waals surface area contributed by atoms with Crippen molar-refractivity contribution in [1.29, 1.82) is 0 Å². The molecule has 0 radical (unpaired) electrons. The third-order valence-corrected chi connectivity index (χ3v) is 4.90. The second-order valence-electron chi connectivity index (χ2n) is 4.99. The minimum atomic E-state index is 0.00697. The Morgan fingerprint density at radius 2 is 2.28 bits per heavy atom. The van der Waals surface area contributed by atoms with Crippen LogP contribution >= 0.6 is 11.8 Å². The number of morpholine rings is 1. The summed E-state index contributed by atoms with van der Waals surface area (Å²) < 4.78 is 5.49. The Bertz CT molecular complexity index is 388. The predicted molar refractivity (Wildman–Crippen MR) is 73.1 cm³/mol. The first kappa shape index (κ1) is 12.5. The maximum atomic E-state index is 9.15. The van der Waals surface area contributed by atoms with Crippen molar-refractivity contribution in [2.45, 2.75) is 22.7 Å². The summed E-state index contributed by atoms with van der Waals surface area (Å²) in [7, 11) is 0. The van der Waals surface area contributed by atoms with Gasteiger partial charge in [-0.1, -0.05) is 18.2 Å². The fourth-order valence-corrected chi connectivity index (χ4v) is 4.07. The second kappa shape index (κ2) is 5.61. The van der Waals surface area contributed by atoms with Crippen molar-refractivity contribution in [3.63, 3.8) is 0 Å². The van der Waals surface area contributed by atoms with Gasteiger partial charge in [-0.3, -0.25) is 4.90 Å². The second-order valence-corrected chi connectivity index (χ2v) is 6.33. The molecule has 1 aromatic carbocycles. The molecule has 3 nitrogen and oxygen atoms in total. The van der Waals surface area contributed by atoms with Crippen LogP contribution in [-0.4, -0.2) is 54.2 Å². The summed E-state index contributed by atoms with van der Waals surface area (Å²) in [5.41, 5.74) is 1.49. The molecule has 1 fully saturated rings. The Labute approximate surface area is 112 Å². The molecule has 18 heavy (non-hydrogen) atoms. The number of aliphatic hydroxyl groups is 1. The lowest BCUT2D eigenvalue weighted by Gasteiger charge is -2.33. The Hall–Kier alpha value is -0.550. The molecule has 0 bridgehead atoms. The van der Waals surface area contributed by atoms with E-state index in [4.69, 9.17) is 9.84 Å². The highest BCUT2D eigenvalue weighted by molar-refractivity contribution is 8.00. The molecule has 1 N–H and O–H groups in total. The van der Waals surface area contributed by atoms with Gasteiger partial charge in [-0.15, -0.1) is 11.8 Å². The maximum absolute atomic E-state index is 9.15. The average molecular weight is 265 g/mol. The van der Waals surface area contributed by atoms with Crippen LogP contribution in [0.2, 0.25) is 0 Å². The van der Waals surface area contributed by atoms with Crippen LogP contribution < -0.4 is 0 Å². The first-order valence-electron chi connectivity index (χ1n) is 6.54. The lowest BCUT2D eigenvalue weighted by atomic mass is 10.1. The molecule has 2 atom stereocenters. The maximum Gasteiger partial charge on any atom is 0.0932 e. The Morgan fingerprint density at radius 3 is 3.11 bits per heavy atom. The van der Waals surface area contributed by atoms with E-state index in [-0.39, 0.29) is 12.7 Å². The van der Waals surface area contributed by atoms with Gasteiger partial charge >= 0.3 is 0 Å². The van der Waals surface area contributed by atoms with Gasteiger partial charge in [-0.05, 0) is 18.1 Å². The molecular weight excluding hydrogens is 246 g/mol. The van der Waals surface area contributed by atoms with Crippen molar-refractivity contribution in [1.82, 2.24) is 4.90 Å². The quantitative estimate of drug-likeness (QED) is 0.895. The van der Waals surface area contributed by atoms with E-state index in [2.05, 4.69) is 29.2 Å². The van der Waals surface area contributed by atoms with Gasteiger partial charge in [0.25, 0.3) is 0 Å². The first-order valence-corrected chi connectivity index (χ1v) is 7.42. The number of hydrogen-bond acceptors (Lipinski definition) is 4. The Morgan fingerprint density at radius 1 is 1.39 bits per heavy atom. The molecule has 1 saturated heterocycles. The van der Waals surface area contributed by atoms with Crippen LogP contribution in [0.25, 0.3) is 0 Å². The monoisotopic (exact) mass is 265 g/mol. The standard InChI is InChI=1S/C14H19NO2S/c16-10-12-8-15(5-6-17-12)9-13-7-11-3-1-2-4-14(11)18-13/h1-4,12-13,16H,5-10H2. The fourth-order valence-electron chi connectivity index (χ4n) is 2.70. The lowest BCUT2D eigenvalue weighted by Crippen LogP contribution is -2.46. The van der Waals surface area contributed by atoms with Crippen LogP contribution in [0.15, 0.2) is 29.2 Å². The molecule has 2 heterocycles. The molecule has 0 amide bonds. The van der Waals surface area contributed by atoms with Gasteiger partial charge in [0.15, 0.2) is 0 Å². The summed E-state index contributed by atoms with van der Waals surface area (Å²) in [6.45, 7) is 3.83. The zero-order valence-corrected chi connectivity index (χ0v) is 11.2. The first-order chi connectivity index (χ1) is 8.85.